The van der Waals surface area contributed by atoms with E-state index in [2.05, 4.69) is 183 Å². The van der Waals surface area contributed by atoms with Crippen LogP contribution in [0.25, 0.3) is 54.0 Å². The number of benzene rings is 4. The van der Waals surface area contributed by atoms with Crippen LogP contribution in [0.1, 0.15) is 235 Å². The predicted octanol–water partition coefficient (Wildman–Crippen LogP) is 25.6. The van der Waals surface area contributed by atoms with Crippen LogP contribution in [0.15, 0.2) is 145 Å². The van der Waals surface area contributed by atoms with Crippen LogP contribution in [0.3, 0.4) is 0 Å². The number of carboxylic acid groups (broad SMARTS) is 1. The highest BCUT2D eigenvalue weighted by atomic mass is 32.2. The molecule has 0 fully saturated rings. The summed E-state index contributed by atoms with van der Waals surface area (Å²) in [5.41, 5.74) is 19.0. The van der Waals surface area contributed by atoms with Crippen LogP contribution in [-0.4, -0.2) is 24.3 Å². The molecular weight excluding hydrogens is 1220 g/mol. The Balaban J connectivity index is 1.05. The second-order valence-corrected chi connectivity index (χ2v) is 30.3. The van der Waals surface area contributed by atoms with Crippen molar-refractivity contribution in [2.45, 2.75) is 201 Å². The van der Waals surface area contributed by atoms with Gasteiger partial charge in [0.15, 0.2) is 0 Å². The Morgan fingerprint density at radius 1 is 0.720 bits per heavy atom. The van der Waals surface area contributed by atoms with Crippen LogP contribution < -0.4 is 9.64 Å². The molecule has 7 aromatic rings. The maximum absolute atomic E-state index is 12.3. The molecule has 0 radical (unpaired) electrons. The number of allylic oxidation sites excluding steroid dienone is 5. The second kappa shape index (κ2) is 32.0. The smallest absolute Gasteiger partial charge is 0.346 e. The summed E-state index contributed by atoms with van der Waals surface area (Å²) in [7, 11) is 0. The fraction of sp³-hybridized carbons (Fsp3) is 0.398. The number of anilines is 2. The summed E-state index contributed by atoms with van der Waals surface area (Å²) in [6, 6.07) is 38.2. The van der Waals surface area contributed by atoms with Crippen molar-refractivity contribution >= 4 is 85.7 Å². The first-order valence-corrected chi connectivity index (χ1v) is 37.9. The number of hydrogen-bond acceptors (Lipinski definition) is 9. The van der Waals surface area contributed by atoms with E-state index in [0.717, 1.165) is 149 Å². The molecule has 1 N–H and O–H groups in total. The molecule has 2 unspecified atom stereocenters. The van der Waals surface area contributed by atoms with Gasteiger partial charge in [-0.25, -0.2) is 4.79 Å². The minimum atomic E-state index is -1.20. The Morgan fingerprint density at radius 2 is 1.34 bits per heavy atom. The lowest BCUT2D eigenvalue weighted by Crippen LogP contribution is -2.19. The number of thiophene rings is 3. The summed E-state index contributed by atoms with van der Waals surface area (Å²) >= 11 is 7.31. The number of carbonyl (C=O) groups is 1. The molecule has 0 bridgehead atoms. The zero-order valence-electron chi connectivity index (χ0n) is 56.7. The zero-order chi connectivity index (χ0) is 65.8. The van der Waals surface area contributed by atoms with Crippen molar-refractivity contribution in [1.82, 2.24) is 0 Å². The number of hydrogen-bond donors (Lipinski definition) is 1. The van der Waals surface area contributed by atoms with Gasteiger partial charge in [0.25, 0.3) is 0 Å². The second-order valence-electron chi connectivity index (χ2n) is 26.0. The van der Waals surface area contributed by atoms with Crippen molar-refractivity contribution in [2.24, 2.45) is 0 Å². The summed E-state index contributed by atoms with van der Waals surface area (Å²) < 4.78 is 14.0. The summed E-state index contributed by atoms with van der Waals surface area (Å²) in [6.45, 7) is 30.9. The van der Waals surface area contributed by atoms with Crippen molar-refractivity contribution in [1.29, 1.82) is 5.26 Å². The van der Waals surface area contributed by atoms with Gasteiger partial charge in [0.05, 0.1) is 33.1 Å². The van der Waals surface area contributed by atoms with Crippen molar-refractivity contribution in [3.8, 4) is 43.1 Å². The molecule has 93 heavy (non-hydrogen) atoms. The normalized spacial score (nSPS) is 16.3. The lowest BCUT2D eigenvalue weighted by Gasteiger charge is -2.29. The molecule has 486 valence electrons. The Labute approximate surface area is 572 Å². The molecule has 0 spiro atoms. The third-order valence-corrected chi connectivity index (χ3v) is 24.9. The number of nitriles is 1. The molecule has 4 aromatic carbocycles. The molecule has 6 nitrogen and oxygen atoms in total. The molecule has 0 saturated heterocycles. The van der Waals surface area contributed by atoms with E-state index in [1.165, 1.54) is 108 Å². The summed E-state index contributed by atoms with van der Waals surface area (Å²) in [6.07, 6.45) is 28.8. The lowest BCUT2D eigenvalue weighted by atomic mass is 9.82. The van der Waals surface area contributed by atoms with E-state index in [1.807, 2.05) is 46.6 Å². The topological polar surface area (TPSA) is 82.8 Å². The molecule has 10 heteroatoms. The van der Waals surface area contributed by atoms with Crippen LogP contribution in [0.5, 0.6) is 5.75 Å². The molecule has 0 amide bonds. The summed E-state index contributed by atoms with van der Waals surface area (Å²) in [5, 5.41) is 20.2. The monoisotopic (exact) mass is 1310 g/mol. The molecular formula is C83H96N2O4S4. The van der Waals surface area contributed by atoms with E-state index in [9.17, 15) is 15.2 Å². The van der Waals surface area contributed by atoms with Gasteiger partial charge < -0.3 is 19.5 Å². The molecule has 3 aromatic heterocycles. The number of thioether (sulfide) groups is 1. The highest BCUT2D eigenvalue weighted by Gasteiger charge is 2.39. The largest absolute Gasteiger partial charge is 0.497 e. The van der Waals surface area contributed by atoms with Crippen molar-refractivity contribution < 1.29 is 19.4 Å². The van der Waals surface area contributed by atoms with Crippen molar-refractivity contribution in [3.05, 3.63) is 204 Å². The molecule has 10 rings (SSSR count). The van der Waals surface area contributed by atoms with Crippen LogP contribution in [0.4, 0.5) is 11.4 Å². The quantitative estimate of drug-likeness (QED) is 0.0249. The molecule has 3 aliphatic rings. The first kappa shape index (κ1) is 69.0. The number of ether oxygens (including phenoxy) is 2. The van der Waals surface area contributed by atoms with Crippen molar-refractivity contribution in [3.63, 3.8) is 0 Å². The number of unbranched alkanes of at least 4 members (excludes halogenated alkanes) is 12. The van der Waals surface area contributed by atoms with E-state index in [4.69, 9.17) is 16.1 Å². The van der Waals surface area contributed by atoms with Gasteiger partial charge in [-0.2, -0.15) is 5.26 Å². The van der Waals surface area contributed by atoms with E-state index in [1.54, 1.807) is 17.4 Å². The van der Waals surface area contributed by atoms with E-state index in [-0.39, 0.29) is 22.2 Å². The van der Waals surface area contributed by atoms with Gasteiger partial charge in [-0.1, -0.05) is 218 Å². The first-order valence-electron chi connectivity index (χ1n) is 34.6. The molecule has 2 aliphatic carbocycles. The molecule has 0 saturated carbocycles. The van der Waals surface area contributed by atoms with E-state index < -0.39 is 5.97 Å². The van der Waals surface area contributed by atoms with E-state index in [0.29, 0.717) is 13.2 Å². The van der Waals surface area contributed by atoms with Gasteiger partial charge >= 0.3 is 5.97 Å². The number of rotatable bonds is 33. The summed E-state index contributed by atoms with van der Waals surface area (Å²) in [5.74, 6) is 1.05. The van der Waals surface area contributed by atoms with Gasteiger partial charge in [-0.05, 0) is 161 Å². The molecule has 4 heterocycles. The number of aliphatic carboxylic acids is 1. The minimum absolute atomic E-state index is 0.129. The predicted molar refractivity (Wildman–Crippen MR) is 403 cm³/mol. The van der Waals surface area contributed by atoms with Gasteiger partial charge in [0.2, 0.25) is 0 Å². The third-order valence-electron chi connectivity index (χ3n) is 19.2. The highest BCUT2D eigenvalue weighted by molar-refractivity contribution is 8.09. The van der Waals surface area contributed by atoms with E-state index >= 15 is 0 Å². The van der Waals surface area contributed by atoms with Gasteiger partial charge in [-0.15, -0.1) is 45.8 Å². The Kier molecular flexibility index (Phi) is 23.8. The Morgan fingerprint density at radius 3 is 1.99 bits per heavy atom. The Hall–Kier alpha value is -6.87. The highest BCUT2D eigenvalue weighted by Crippen LogP contribution is 2.60. The SMILES string of the molecule is C=Cc1c(-c2sc(C3CC(OCCCCCC)=C(c4cc(OCCCCCC)c(-c5ccc(N(C(/C=C6\C(=C)c7ccccc7C6(C)C)=C/C)c6ccc7c(c6)C(C)c6ccccc6-7)cc5)s4)S3)c(CCCCCC)c2C)sc(/C=C(/C#N)C(=O)O)c1CCCCCC. The minimum Gasteiger partial charge on any atom is -0.497 e. The van der Waals surface area contributed by atoms with Crippen molar-refractivity contribution in [2.75, 3.05) is 18.1 Å². The van der Waals surface area contributed by atoms with Gasteiger partial charge in [0, 0.05) is 60.4 Å². The zero-order valence-corrected chi connectivity index (χ0v) is 59.9. The first-order chi connectivity index (χ1) is 45.2. The fourth-order valence-electron chi connectivity index (χ4n) is 14.0. The fourth-order valence-corrected chi connectivity index (χ4v) is 19.7. The maximum Gasteiger partial charge on any atom is 0.346 e. The van der Waals surface area contributed by atoms with Crippen LogP contribution in [0, 0.1) is 18.3 Å². The number of fused-ring (bicyclic) bond motifs is 4. The summed E-state index contributed by atoms with van der Waals surface area (Å²) in [4.78, 5) is 22.9. The lowest BCUT2D eigenvalue weighted by molar-refractivity contribution is -0.132. The van der Waals surface area contributed by atoms with Gasteiger partial charge in [-0.3, -0.25) is 0 Å². The average Bonchev–Trinajstić information content (AvgIpc) is 1.75. The average molecular weight is 1310 g/mol. The van der Waals surface area contributed by atoms with Gasteiger partial charge in [0.1, 0.15) is 23.2 Å². The number of carboxylic acids is 1. The number of nitrogens with zero attached hydrogens (tertiary/aromatic N) is 2. The Bertz CT molecular complexity index is 4000. The molecule has 1 aliphatic heterocycles. The van der Waals surface area contributed by atoms with Crippen LogP contribution in [-0.2, 0) is 27.8 Å². The standard InChI is InChI=1S/C83H96N2O4S4/c1-12-18-22-26-36-65-56(9)77(80-62(17-6)68(38-27-23-19-13-2)74(90-80)48-58(53-84)82(86)87)93-79(65)75-52-73(89-47-33-25-21-15-4)81(92-75)76-51-72(88-46-32-24-20-14-3)78(91-76)57-40-42-60(43-41-57)85(61-44-45-67-66-37-29-28-34-63(66)54(7)69(67)49-61)59(16-5)50-71-55(8)64-35-30-31-39-70(64)83(71,10)11/h16-17,28-31,34-35,37,39-45,48-51,54,75H,6,8,12-15,18-27,32-33,36,38,46-47,52H2,1-5,7,9-11H3,(H,86,87)/b58-48-,59-16+,71-50+. The van der Waals surface area contributed by atoms with Crippen LogP contribution >= 0.6 is 45.8 Å². The molecule has 2 atom stereocenters. The van der Waals surface area contributed by atoms with Crippen LogP contribution in [0.2, 0.25) is 0 Å². The maximum atomic E-state index is 12.3. The third kappa shape index (κ3) is 15.0.